The van der Waals surface area contributed by atoms with Crippen molar-refractivity contribution in [2.75, 3.05) is 56.2 Å². The summed E-state index contributed by atoms with van der Waals surface area (Å²) in [5, 5.41) is 9.77. The van der Waals surface area contributed by atoms with E-state index in [2.05, 4.69) is 18.7 Å². The van der Waals surface area contributed by atoms with Gasteiger partial charge in [-0.1, -0.05) is 24.3 Å². The lowest BCUT2D eigenvalue weighted by molar-refractivity contribution is -0.144. The minimum Gasteiger partial charge on any atom is -0.395 e. The summed E-state index contributed by atoms with van der Waals surface area (Å²) in [5.41, 5.74) is 0.525. The van der Waals surface area contributed by atoms with E-state index in [1.54, 1.807) is 16.8 Å². The fraction of sp³-hybridized carbons (Fsp3) is 0.519. The molecule has 1 spiro atoms. The Kier molecular flexibility index (Phi) is 6.38. The third-order valence-electron chi connectivity index (χ3n) is 7.99. The number of anilines is 2. The van der Waals surface area contributed by atoms with Crippen LogP contribution in [-0.2, 0) is 19.1 Å². The van der Waals surface area contributed by atoms with Crippen molar-refractivity contribution >= 4 is 29.1 Å². The van der Waals surface area contributed by atoms with Gasteiger partial charge in [-0.3, -0.25) is 14.4 Å². The number of fused-ring (bicyclic) bond motifs is 2. The summed E-state index contributed by atoms with van der Waals surface area (Å²) in [7, 11) is 1.71. The van der Waals surface area contributed by atoms with E-state index in [0.717, 1.165) is 24.5 Å². The zero-order valence-electron chi connectivity index (χ0n) is 21.0. The number of likely N-dealkylation sites (N-methyl/N-ethyl adjacent to an activating group) is 1. The number of aliphatic hydroxyl groups is 1. The highest BCUT2D eigenvalue weighted by Gasteiger charge is 2.71. The molecule has 36 heavy (non-hydrogen) atoms. The van der Waals surface area contributed by atoms with Crippen LogP contribution in [0.5, 0.6) is 0 Å². The van der Waals surface area contributed by atoms with Crippen LogP contribution in [0, 0.1) is 11.8 Å². The first-order valence-electron chi connectivity index (χ1n) is 12.7. The summed E-state index contributed by atoms with van der Waals surface area (Å²) in [5.74, 6) is -2.32. The maximum atomic E-state index is 14.2. The highest BCUT2D eigenvalue weighted by atomic mass is 16.5. The minimum atomic E-state index is -1.27. The van der Waals surface area contributed by atoms with Gasteiger partial charge in [0, 0.05) is 51.1 Å². The predicted molar refractivity (Wildman–Crippen MR) is 135 cm³/mol. The van der Waals surface area contributed by atoms with Gasteiger partial charge in [0.1, 0.15) is 11.6 Å². The Morgan fingerprint density at radius 1 is 1.03 bits per heavy atom. The van der Waals surface area contributed by atoms with Gasteiger partial charge in [-0.15, -0.1) is 0 Å². The number of carbonyl (C=O) groups excluding carboxylic acids is 3. The Bertz CT molecular complexity index is 1100. The van der Waals surface area contributed by atoms with Crippen molar-refractivity contribution in [2.24, 2.45) is 11.8 Å². The highest BCUT2D eigenvalue weighted by molar-refractivity contribution is 6.05. The fourth-order valence-corrected chi connectivity index (χ4v) is 6.27. The highest BCUT2D eigenvalue weighted by Crippen LogP contribution is 2.53. The van der Waals surface area contributed by atoms with Crippen LogP contribution in [0.25, 0.3) is 0 Å². The SMILES string of the molecule is CCN(CC)c1ccc(N2CC=C[C@]34O[C@@H]5C=CCN(C)C(=O)[C@@H]5[C@H]3C(=O)N(CCO)C4C2=O)cc1. The molecule has 4 aliphatic heterocycles. The van der Waals surface area contributed by atoms with Gasteiger partial charge in [-0.05, 0) is 38.1 Å². The number of rotatable bonds is 6. The van der Waals surface area contributed by atoms with E-state index >= 15 is 0 Å². The first-order valence-corrected chi connectivity index (χ1v) is 12.7. The van der Waals surface area contributed by atoms with Crippen molar-refractivity contribution < 1.29 is 24.2 Å². The van der Waals surface area contributed by atoms with Crippen molar-refractivity contribution in [1.29, 1.82) is 0 Å². The van der Waals surface area contributed by atoms with E-state index in [4.69, 9.17) is 4.74 Å². The van der Waals surface area contributed by atoms with Gasteiger partial charge >= 0.3 is 0 Å². The van der Waals surface area contributed by atoms with Crippen LogP contribution in [0.2, 0.25) is 0 Å². The van der Waals surface area contributed by atoms with Crippen LogP contribution < -0.4 is 9.80 Å². The Morgan fingerprint density at radius 3 is 2.42 bits per heavy atom. The molecule has 0 aromatic heterocycles. The quantitative estimate of drug-likeness (QED) is 0.594. The number of amides is 3. The maximum Gasteiger partial charge on any atom is 0.253 e. The third-order valence-corrected chi connectivity index (χ3v) is 7.99. The van der Waals surface area contributed by atoms with Gasteiger partial charge in [-0.2, -0.15) is 0 Å². The summed E-state index contributed by atoms with van der Waals surface area (Å²) in [6.45, 7) is 6.43. The van der Waals surface area contributed by atoms with Gasteiger partial charge in [0.25, 0.3) is 5.91 Å². The van der Waals surface area contributed by atoms with E-state index in [9.17, 15) is 19.5 Å². The Balaban J connectivity index is 1.54. The van der Waals surface area contributed by atoms with Gasteiger partial charge in [0.05, 0.1) is 24.5 Å². The molecular weight excluding hydrogens is 460 g/mol. The number of nitrogens with zero attached hydrogens (tertiary/aromatic N) is 4. The van der Waals surface area contributed by atoms with Crippen molar-refractivity contribution in [2.45, 2.75) is 31.6 Å². The second-order valence-corrected chi connectivity index (χ2v) is 9.78. The van der Waals surface area contributed by atoms with Crippen LogP contribution in [0.4, 0.5) is 11.4 Å². The van der Waals surface area contributed by atoms with Crippen LogP contribution >= 0.6 is 0 Å². The Morgan fingerprint density at radius 2 is 1.75 bits per heavy atom. The molecular formula is C27H34N4O5. The molecule has 9 nitrogen and oxygen atoms in total. The molecule has 0 radical (unpaired) electrons. The molecule has 1 aromatic rings. The number of β-amino-alcohol motifs (C(OH)–C–C–N with tert-alkyl or cyclic N) is 1. The topological polar surface area (TPSA) is 93.6 Å². The number of likely N-dealkylation sites (tertiary alicyclic amines) is 1. The van der Waals surface area contributed by atoms with E-state index < -0.39 is 29.6 Å². The molecule has 4 aliphatic rings. The summed E-state index contributed by atoms with van der Waals surface area (Å²) in [6, 6.07) is 6.86. The Labute approximate surface area is 211 Å². The lowest BCUT2D eigenvalue weighted by atomic mass is 9.77. The molecule has 192 valence electrons. The van der Waals surface area contributed by atoms with E-state index in [-0.39, 0.29) is 30.9 Å². The normalized spacial score (nSPS) is 31.3. The van der Waals surface area contributed by atoms with Crippen molar-refractivity contribution in [3.63, 3.8) is 0 Å². The van der Waals surface area contributed by atoms with E-state index in [1.807, 2.05) is 48.6 Å². The molecule has 0 saturated carbocycles. The van der Waals surface area contributed by atoms with Crippen LogP contribution in [0.15, 0.2) is 48.6 Å². The number of aliphatic hydroxyl groups excluding tert-OH is 1. The number of hydrogen-bond acceptors (Lipinski definition) is 6. The lowest BCUT2D eigenvalue weighted by Crippen LogP contribution is -2.55. The zero-order chi connectivity index (χ0) is 25.6. The minimum absolute atomic E-state index is 0.00329. The van der Waals surface area contributed by atoms with Gasteiger partial charge in [0.2, 0.25) is 11.8 Å². The molecule has 1 aromatic carbocycles. The van der Waals surface area contributed by atoms with Crippen molar-refractivity contribution in [3.8, 4) is 0 Å². The van der Waals surface area contributed by atoms with Crippen molar-refractivity contribution in [3.05, 3.63) is 48.6 Å². The van der Waals surface area contributed by atoms with E-state index in [1.165, 1.54) is 4.90 Å². The fourth-order valence-electron chi connectivity index (χ4n) is 6.27. The van der Waals surface area contributed by atoms with Crippen LogP contribution in [-0.4, -0.2) is 96.8 Å². The molecule has 4 heterocycles. The molecule has 3 amide bonds. The molecule has 0 aliphatic carbocycles. The number of ether oxygens (including phenoxy) is 1. The van der Waals surface area contributed by atoms with Gasteiger partial charge in [-0.25, -0.2) is 0 Å². The number of benzene rings is 1. The monoisotopic (exact) mass is 494 g/mol. The molecule has 5 rings (SSSR count). The smallest absolute Gasteiger partial charge is 0.253 e. The summed E-state index contributed by atoms with van der Waals surface area (Å²) < 4.78 is 6.52. The molecule has 2 saturated heterocycles. The van der Waals surface area contributed by atoms with Crippen LogP contribution in [0.1, 0.15) is 13.8 Å². The molecule has 9 heteroatoms. The van der Waals surface area contributed by atoms with Crippen LogP contribution in [0.3, 0.4) is 0 Å². The second-order valence-electron chi connectivity index (χ2n) is 9.78. The molecule has 1 N–H and O–H groups in total. The summed E-state index contributed by atoms with van der Waals surface area (Å²) >= 11 is 0. The first-order chi connectivity index (χ1) is 17.4. The molecule has 1 unspecified atom stereocenters. The standard InChI is InChI=1S/C27H34N4O5/c1-4-29(5-2)18-9-11-19(12-10-18)30-15-7-13-27-22(25(34)31(16-17-32)23(27)26(30)35)21-20(36-27)8-6-14-28(3)24(21)33/h6-13,20-23,32H,4-5,14-17H2,1-3H3/t20-,21+,22+,23?,27+/m1/s1. The maximum absolute atomic E-state index is 14.2. The van der Waals surface area contributed by atoms with Gasteiger partial charge in [0.15, 0.2) is 0 Å². The largest absolute Gasteiger partial charge is 0.395 e. The number of carbonyl (C=O) groups is 3. The van der Waals surface area contributed by atoms with E-state index in [0.29, 0.717) is 13.1 Å². The van der Waals surface area contributed by atoms with Gasteiger partial charge < -0.3 is 29.4 Å². The lowest BCUT2D eigenvalue weighted by Gasteiger charge is -2.35. The average Bonchev–Trinajstić information content (AvgIpc) is 3.19. The zero-order valence-corrected chi connectivity index (χ0v) is 21.0. The first kappa shape index (κ1) is 24.5. The third kappa shape index (κ3) is 3.56. The molecule has 2 fully saturated rings. The van der Waals surface area contributed by atoms with Crippen molar-refractivity contribution in [1.82, 2.24) is 9.80 Å². The number of hydrogen-bond donors (Lipinski definition) is 1. The summed E-state index contributed by atoms with van der Waals surface area (Å²) in [4.78, 5) is 48.1. The second kappa shape index (κ2) is 9.37. The Hall–Kier alpha value is -3.17. The predicted octanol–water partition coefficient (Wildman–Crippen LogP) is 1.04. The molecule has 0 bridgehead atoms. The summed E-state index contributed by atoms with van der Waals surface area (Å²) in [6.07, 6.45) is 6.80. The average molecular weight is 495 g/mol. The molecule has 5 atom stereocenters.